The number of piperidine rings is 1. The van der Waals surface area contributed by atoms with E-state index in [9.17, 15) is 5.11 Å². The Kier molecular flexibility index (Phi) is 11.6. The van der Waals surface area contributed by atoms with Crippen LogP contribution in [0.1, 0.15) is 37.0 Å². The van der Waals surface area contributed by atoms with Gasteiger partial charge in [0.15, 0.2) is 5.96 Å². The summed E-state index contributed by atoms with van der Waals surface area (Å²) in [5.74, 6) is 2.04. The second kappa shape index (κ2) is 13.9. The first kappa shape index (κ1) is 26.7. The van der Waals surface area contributed by atoms with Gasteiger partial charge in [-0.15, -0.1) is 24.0 Å². The van der Waals surface area contributed by atoms with Gasteiger partial charge in [0.05, 0.1) is 26.9 Å². The molecule has 1 aromatic heterocycles. The Bertz CT molecular complexity index is 804. The molecule has 32 heavy (non-hydrogen) atoms. The SMILES string of the molecule is CCNC(=NCC(O)c1cc(OC)cc(OC)c1)NC1CCN(Cc2ccsc2)CC1.I. The number of ether oxygens (including phenoxy) is 2. The third-order valence-corrected chi connectivity index (χ3v) is 6.17. The van der Waals surface area contributed by atoms with E-state index in [2.05, 4.69) is 37.4 Å². The highest BCUT2D eigenvalue weighted by atomic mass is 127. The van der Waals surface area contributed by atoms with Crippen LogP contribution in [0.15, 0.2) is 40.0 Å². The number of aliphatic hydroxyl groups is 1. The number of thiophene rings is 1. The largest absolute Gasteiger partial charge is 0.497 e. The van der Waals surface area contributed by atoms with E-state index in [1.54, 1.807) is 31.6 Å². The van der Waals surface area contributed by atoms with Gasteiger partial charge in [-0.25, -0.2) is 0 Å². The average Bonchev–Trinajstić information content (AvgIpc) is 3.31. The maximum Gasteiger partial charge on any atom is 0.191 e. The summed E-state index contributed by atoms with van der Waals surface area (Å²) in [6, 6.07) is 7.99. The van der Waals surface area contributed by atoms with Crippen molar-refractivity contribution in [2.45, 2.75) is 38.5 Å². The number of aliphatic imine (C=N–C) groups is 1. The van der Waals surface area contributed by atoms with Gasteiger partial charge in [-0.3, -0.25) is 9.89 Å². The number of guanidine groups is 1. The van der Waals surface area contributed by atoms with Gasteiger partial charge in [0, 0.05) is 38.3 Å². The number of nitrogens with one attached hydrogen (secondary N) is 2. The van der Waals surface area contributed by atoms with Gasteiger partial charge in [-0.1, -0.05) is 0 Å². The van der Waals surface area contributed by atoms with E-state index >= 15 is 0 Å². The van der Waals surface area contributed by atoms with Crippen LogP contribution >= 0.6 is 35.3 Å². The van der Waals surface area contributed by atoms with E-state index in [4.69, 9.17) is 9.47 Å². The monoisotopic (exact) mass is 574 g/mol. The van der Waals surface area contributed by atoms with Crippen LogP contribution in [0.2, 0.25) is 0 Å². The van der Waals surface area contributed by atoms with Gasteiger partial charge in [0.25, 0.3) is 0 Å². The molecule has 0 spiro atoms. The van der Waals surface area contributed by atoms with Crippen molar-refractivity contribution in [3.8, 4) is 11.5 Å². The van der Waals surface area contributed by atoms with Crippen molar-refractivity contribution in [2.75, 3.05) is 40.4 Å². The number of aliphatic hydroxyl groups excluding tert-OH is 1. The molecule has 7 nitrogen and oxygen atoms in total. The lowest BCUT2D eigenvalue weighted by molar-refractivity contribution is 0.185. The summed E-state index contributed by atoms with van der Waals surface area (Å²) in [5.41, 5.74) is 2.12. The van der Waals surface area contributed by atoms with Crippen LogP contribution in [-0.4, -0.2) is 62.4 Å². The molecular formula is C23H35IN4O3S. The van der Waals surface area contributed by atoms with Crippen LogP contribution in [0.3, 0.4) is 0 Å². The van der Waals surface area contributed by atoms with E-state index in [1.807, 2.05) is 19.1 Å². The van der Waals surface area contributed by atoms with Crippen LogP contribution in [0.25, 0.3) is 0 Å². The highest BCUT2D eigenvalue weighted by molar-refractivity contribution is 14.0. The third kappa shape index (κ3) is 8.09. The molecule has 0 amide bonds. The standard InChI is InChI=1S/C23H34N4O3S.HI/c1-4-24-23(25-14-22(28)18-11-20(29-2)13-21(12-18)30-3)26-19-5-8-27(9-6-19)15-17-7-10-31-16-17;/h7,10-13,16,19,22,28H,4-6,8-9,14-15H2,1-3H3,(H2,24,25,26);1H. The Hall–Kier alpha value is -1.56. The normalized spacial score (nSPS) is 16.2. The number of likely N-dealkylation sites (tertiary alicyclic amines) is 1. The topological polar surface area (TPSA) is 78.4 Å². The zero-order valence-corrected chi connectivity index (χ0v) is 22.2. The number of benzene rings is 1. The van der Waals surface area contributed by atoms with Gasteiger partial charge in [-0.2, -0.15) is 11.3 Å². The summed E-state index contributed by atoms with van der Waals surface area (Å²) < 4.78 is 10.6. The van der Waals surface area contributed by atoms with Crippen molar-refractivity contribution in [1.82, 2.24) is 15.5 Å². The minimum Gasteiger partial charge on any atom is -0.497 e. The van der Waals surface area contributed by atoms with Crippen molar-refractivity contribution in [3.05, 3.63) is 46.2 Å². The Morgan fingerprint density at radius 1 is 1.22 bits per heavy atom. The molecule has 3 N–H and O–H groups in total. The lowest BCUT2D eigenvalue weighted by atomic mass is 10.0. The summed E-state index contributed by atoms with van der Waals surface area (Å²) in [7, 11) is 3.20. The summed E-state index contributed by atoms with van der Waals surface area (Å²) >= 11 is 1.76. The smallest absolute Gasteiger partial charge is 0.191 e. The summed E-state index contributed by atoms with van der Waals surface area (Å²) in [5, 5.41) is 21.9. The Balaban J connectivity index is 0.00000363. The average molecular weight is 575 g/mol. The molecule has 1 saturated heterocycles. The molecule has 3 rings (SSSR count). The predicted molar refractivity (Wildman–Crippen MR) is 142 cm³/mol. The summed E-state index contributed by atoms with van der Waals surface area (Å²) in [6.45, 7) is 6.23. The highest BCUT2D eigenvalue weighted by Crippen LogP contribution is 2.26. The summed E-state index contributed by atoms with van der Waals surface area (Å²) in [6.07, 6.45) is 1.40. The molecule has 1 aliphatic rings. The molecule has 0 aliphatic carbocycles. The molecule has 0 saturated carbocycles. The number of hydrogen-bond acceptors (Lipinski definition) is 6. The molecular weight excluding hydrogens is 539 g/mol. The van der Waals surface area contributed by atoms with Crippen LogP contribution in [-0.2, 0) is 6.54 Å². The minimum absolute atomic E-state index is 0. The van der Waals surface area contributed by atoms with Gasteiger partial charge in [0.2, 0.25) is 0 Å². The number of hydrogen-bond donors (Lipinski definition) is 3. The fourth-order valence-electron chi connectivity index (χ4n) is 3.69. The quantitative estimate of drug-likeness (QED) is 0.241. The minimum atomic E-state index is -0.744. The maximum absolute atomic E-state index is 10.7. The van der Waals surface area contributed by atoms with E-state index in [0.717, 1.165) is 50.5 Å². The number of methoxy groups -OCH3 is 2. The van der Waals surface area contributed by atoms with Gasteiger partial charge >= 0.3 is 0 Å². The van der Waals surface area contributed by atoms with Crippen LogP contribution < -0.4 is 20.1 Å². The van der Waals surface area contributed by atoms with Crippen LogP contribution in [0.5, 0.6) is 11.5 Å². The van der Waals surface area contributed by atoms with Gasteiger partial charge in [-0.05, 0) is 59.9 Å². The fourth-order valence-corrected chi connectivity index (χ4v) is 4.35. The second-order valence-electron chi connectivity index (χ2n) is 7.71. The van der Waals surface area contributed by atoms with Crippen molar-refractivity contribution < 1.29 is 14.6 Å². The molecule has 9 heteroatoms. The molecule has 0 radical (unpaired) electrons. The van der Waals surface area contributed by atoms with Gasteiger partial charge < -0.3 is 25.2 Å². The van der Waals surface area contributed by atoms with Crippen molar-refractivity contribution in [1.29, 1.82) is 0 Å². The third-order valence-electron chi connectivity index (χ3n) is 5.44. The first-order chi connectivity index (χ1) is 15.1. The molecule has 178 valence electrons. The lowest BCUT2D eigenvalue weighted by Gasteiger charge is -2.33. The second-order valence-corrected chi connectivity index (χ2v) is 8.49. The summed E-state index contributed by atoms with van der Waals surface area (Å²) in [4.78, 5) is 7.13. The van der Waals surface area contributed by atoms with E-state index in [1.165, 1.54) is 5.56 Å². The Labute approximate surface area is 212 Å². The maximum atomic E-state index is 10.7. The zero-order chi connectivity index (χ0) is 22.1. The molecule has 1 unspecified atom stereocenters. The van der Waals surface area contributed by atoms with Crippen LogP contribution in [0.4, 0.5) is 0 Å². The number of rotatable bonds is 9. The highest BCUT2D eigenvalue weighted by Gasteiger charge is 2.20. The van der Waals surface area contributed by atoms with Crippen molar-refractivity contribution in [2.24, 2.45) is 4.99 Å². The lowest BCUT2D eigenvalue weighted by Crippen LogP contribution is -2.48. The molecule has 1 aromatic carbocycles. The molecule has 1 fully saturated rings. The molecule has 2 heterocycles. The van der Waals surface area contributed by atoms with Crippen molar-refractivity contribution >= 4 is 41.3 Å². The Morgan fingerprint density at radius 3 is 2.47 bits per heavy atom. The van der Waals surface area contributed by atoms with Crippen LogP contribution in [0, 0.1) is 0 Å². The number of nitrogens with zero attached hydrogens (tertiary/aromatic N) is 2. The Morgan fingerprint density at radius 2 is 1.91 bits per heavy atom. The first-order valence-corrected chi connectivity index (χ1v) is 11.7. The predicted octanol–water partition coefficient (Wildman–Crippen LogP) is 3.64. The first-order valence-electron chi connectivity index (χ1n) is 10.8. The molecule has 0 bridgehead atoms. The fraction of sp³-hybridized carbons (Fsp3) is 0.522. The van der Waals surface area contributed by atoms with Gasteiger partial charge in [0.1, 0.15) is 11.5 Å². The number of halogens is 1. The molecule has 1 atom stereocenters. The molecule has 1 aliphatic heterocycles. The van der Waals surface area contributed by atoms with E-state index in [-0.39, 0.29) is 30.5 Å². The van der Waals surface area contributed by atoms with Crippen molar-refractivity contribution in [3.63, 3.8) is 0 Å². The zero-order valence-electron chi connectivity index (χ0n) is 19.0. The van der Waals surface area contributed by atoms with E-state index in [0.29, 0.717) is 17.5 Å². The van der Waals surface area contributed by atoms with E-state index < -0.39 is 6.10 Å². The molecule has 2 aromatic rings.